The van der Waals surface area contributed by atoms with Gasteiger partial charge in [0, 0.05) is 0 Å². The Morgan fingerprint density at radius 3 is 1.47 bits per heavy atom. The van der Waals surface area contributed by atoms with E-state index in [-0.39, 0.29) is 0 Å². The topological polar surface area (TPSA) is 71.7 Å². The van der Waals surface area contributed by atoms with Crippen molar-refractivity contribution in [3.63, 3.8) is 0 Å². The standard InChI is InChI=1S/C16H12N2O2.C16H16O.C10H12/c17-11-20-16-9-5-14(6-10-16)2-1-13-3-7-15(8-4-13)18-12-19;1-13-3-5-14(6-4-13)7-8-15-9-11-16(17-2)12-10-15;1-3-4-10-7-5-9(2)6-8-10/h3-10H,1-2H2;3-12H,1-2H3;3-8H,1-2H3/b;8-7+;4-3+. The second kappa shape index (κ2) is 20.2. The van der Waals surface area contributed by atoms with Crippen LogP contribution in [0.5, 0.6) is 11.5 Å². The largest absolute Gasteiger partial charge is 0.497 e. The summed E-state index contributed by atoms with van der Waals surface area (Å²) < 4.78 is 9.84. The zero-order valence-corrected chi connectivity index (χ0v) is 27.4. The lowest BCUT2D eigenvalue weighted by Crippen LogP contribution is -1.91. The van der Waals surface area contributed by atoms with Crippen LogP contribution in [0.15, 0.2) is 132 Å². The molecule has 0 atom stereocenters. The third-order valence-electron chi connectivity index (χ3n) is 7.00. The van der Waals surface area contributed by atoms with Crippen LogP contribution < -0.4 is 9.47 Å². The number of aliphatic imine (C=N–C) groups is 1. The van der Waals surface area contributed by atoms with E-state index >= 15 is 0 Å². The molecule has 5 aromatic carbocycles. The summed E-state index contributed by atoms with van der Waals surface area (Å²) in [4.78, 5) is 13.7. The molecular formula is C42H40N2O3. The third kappa shape index (κ3) is 13.7. The van der Waals surface area contributed by atoms with Crippen LogP contribution in [0, 0.1) is 25.4 Å². The van der Waals surface area contributed by atoms with Crippen molar-refractivity contribution in [1.29, 1.82) is 5.26 Å². The van der Waals surface area contributed by atoms with Gasteiger partial charge in [-0.2, -0.15) is 4.99 Å². The van der Waals surface area contributed by atoms with Gasteiger partial charge in [0.15, 0.2) is 0 Å². The van der Waals surface area contributed by atoms with Crippen LogP contribution in [-0.4, -0.2) is 13.2 Å². The molecule has 0 aliphatic heterocycles. The molecule has 0 saturated carbocycles. The van der Waals surface area contributed by atoms with Crippen molar-refractivity contribution in [3.05, 3.63) is 166 Å². The molecule has 5 aromatic rings. The number of ether oxygens (including phenoxy) is 2. The quantitative estimate of drug-likeness (QED) is 0.0711. The number of hydrogen-bond acceptors (Lipinski definition) is 5. The van der Waals surface area contributed by atoms with E-state index in [0.717, 1.165) is 18.6 Å². The van der Waals surface area contributed by atoms with Gasteiger partial charge in [-0.15, -0.1) is 5.26 Å². The summed E-state index contributed by atoms with van der Waals surface area (Å²) in [7, 11) is 1.68. The minimum atomic E-state index is 0.548. The van der Waals surface area contributed by atoms with Crippen molar-refractivity contribution >= 4 is 30.0 Å². The Hall–Kier alpha value is -5.95. The summed E-state index contributed by atoms with van der Waals surface area (Å²) in [6.45, 7) is 6.22. The number of allylic oxidation sites excluding steroid dienone is 1. The van der Waals surface area contributed by atoms with Gasteiger partial charge < -0.3 is 9.47 Å². The van der Waals surface area contributed by atoms with Crippen molar-refractivity contribution in [1.82, 2.24) is 0 Å². The minimum absolute atomic E-state index is 0.548. The first kappa shape index (κ1) is 35.5. The van der Waals surface area contributed by atoms with E-state index < -0.39 is 0 Å². The first-order valence-corrected chi connectivity index (χ1v) is 15.3. The molecule has 47 heavy (non-hydrogen) atoms. The molecule has 0 amide bonds. The van der Waals surface area contributed by atoms with E-state index in [4.69, 9.17) is 14.7 Å². The summed E-state index contributed by atoms with van der Waals surface area (Å²) in [5, 5.41) is 8.40. The van der Waals surface area contributed by atoms with Crippen LogP contribution >= 0.6 is 0 Å². The number of methoxy groups -OCH3 is 1. The summed E-state index contributed by atoms with van der Waals surface area (Å²) in [6, 6.07) is 39.9. The number of nitrogens with zero attached hydrogens (tertiary/aromatic N) is 2. The van der Waals surface area contributed by atoms with E-state index in [1.165, 1.54) is 45.0 Å². The van der Waals surface area contributed by atoms with Crippen LogP contribution in [0.4, 0.5) is 5.69 Å². The minimum Gasteiger partial charge on any atom is -0.497 e. The number of benzene rings is 5. The highest BCUT2D eigenvalue weighted by molar-refractivity contribution is 5.69. The molecule has 0 unspecified atom stereocenters. The monoisotopic (exact) mass is 620 g/mol. The van der Waals surface area contributed by atoms with Gasteiger partial charge in [0.1, 0.15) is 11.5 Å². The van der Waals surface area contributed by atoms with Gasteiger partial charge in [0.2, 0.25) is 6.08 Å². The van der Waals surface area contributed by atoms with E-state index in [9.17, 15) is 4.79 Å². The highest BCUT2D eigenvalue weighted by atomic mass is 16.5. The number of hydrogen-bond donors (Lipinski definition) is 0. The molecule has 0 aromatic heterocycles. The lowest BCUT2D eigenvalue weighted by Gasteiger charge is -2.03. The molecule has 236 valence electrons. The predicted molar refractivity (Wildman–Crippen MR) is 193 cm³/mol. The molecule has 0 fully saturated rings. The molecule has 0 heterocycles. The molecular weight excluding hydrogens is 580 g/mol. The molecule has 0 aliphatic carbocycles. The number of nitriles is 1. The number of rotatable bonds is 9. The Balaban J connectivity index is 0.000000202. The molecule has 5 nitrogen and oxygen atoms in total. The normalized spacial score (nSPS) is 10.1. The van der Waals surface area contributed by atoms with Crippen molar-refractivity contribution < 1.29 is 14.3 Å². The predicted octanol–water partition coefficient (Wildman–Crippen LogP) is 10.5. The number of carbonyl (C=O) groups excluding carboxylic acids is 1. The fourth-order valence-corrected chi connectivity index (χ4v) is 4.31. The lowest BCUT2D eigenvalue weighted by molar-refractivity contribution is 0.415. The number of isocyanates is 1. The van der Waals surface area contributed by atoms with Crippen LogP contribution in [0.1, 0.15) is 45.9 Å². The smallest absolute Gasteiger partial charge is 0.292 e. The van der Waals surface area contributed by atoms with Gasteiger partial charge in [-0.05, 0) is 97.8 Å². The molecule has 0 N–H and O–H groups in total. The Morgan fingerprint density at radius 2 is 1.04 bits per heavy atom. The van der Waals surface area contributed by atoms with Crippen LogP contribution in [-0.2, 0) is 17.6 Å². The second-order valence-corrected chi connectivity index (χ2v) is 10.6. The summed E-state index contributed by atoms with van der Waals surface area (Å²) in [5.41, 5.74) is 9.21. The van der Waals surface area contributed by atoms with E-state index in [0.29, 0.717) is 11.4 Å². The van der Waals surface area contributed by atoms with Gasteiger partial charge in [0.25, 0.3) is 6.26 Å². The van der Waals surface area contributed by atoms with Crippen LogP contribution in [0.3, 0.4) is 0 Å². The van der Waals surface area contributed by atoms with Crippen molar-refractivity contribution in [2.24, 2.45) is 4.99 Å². The Labute approximate surface area is 278 Å². The molecule has 0 saturated heterocycles. The maximum Gasteiger partial charge on any atom is 0.292 e. The van der Waals surface area contributed by atoms with Crippen molar-refractivity contribution in [2.75, 3.05) is 7.11 Å². The fourth-order valence-electron chi connectivity index (χ4n) is 4.31. The Kier molecular flexibility index (Phi) is 15.2. The molecule has 0 aliphatic rings. The highest BCUT2D eigenvalue weighted by Gasteiger charge is 1.99. The zero-order chi connectivity index (χ0) is 33.7. The SMILES string of the molecule is C/C=C/c1ccc(C)cc1.COc1ccc(/C=C/c2ccc(C)cc2)cc1.N#COc1ccc(CCc2ccc(N=C=O)cc2)cc1. The maximum absolute atomic E-state index is 10.1. The molecule has 0 bridgehead atoms. The average molecular weight is 621 g/mol. The molecule has 5 rings (SSSR count). The molecule has 0 spiro atoms. The summed E-state index contributed by atoms with van der Waals surface area (Å²) in [6.07, 6.45) is 13.3. The van der Waals surface area contributed by atoms with Gasteiger partial charge in [-0.1, -0.05) is 120 Å². The lowest BCUT2D eigenvalue weighted by atomic mass is 10.0. The number of aryl methyl sites for hydroxylation is 4. The van der Waals surface area contributed by atoms with Gasteiger partial charge in [0.05, 0.1) is 12.8 Å². The van der Waals surface area contributed by atoms with Gasteiger partial charge >= 0.3 is 0 Å². The maximum atomic E-state index is 10.1. The first-order chi connectivity index (χ1) is 22.9. The Morgan fingerprint density at radius 1 is 0.617 bits per heavy atom. The van der Waals surface area contributed by atoms with Gasteiger partial charge in [-0.25, -0.2) is 4.79 Å². The zero-order valence-electron chi connectivity index (χ0n) is 27.4. The average Bonchev–Trinajstić information content (AvgIpc) is 3.10. The second-order valence-electron chi connectivity index (χ2n) is 10.6. The summed E-state index contributed by atoms with van der Waals surface area (Å²) in [5.74, 6) is 1.44. The van der Waals surface area contributed by atoms with E-state index in [1.54, 1.807) is 37.6 Å². The van der Waals surface area contributed by atoms with Crippen LogP contribution in [0.25, 0.3) is 18.2 Å². The Bertz CT molecular complexity index is 1770. The van der Waals surface area contributed by atoms with Crippen molar-refractivity contribution in [2.45, 2.75) is 33.6 Å². The highest BCUT2D eigenvalue weighted by Crippen LogP contribution is 2.17. The third-order valence-corrected chi connectivity index (χ3v) is 7.00. The fraction of sp³-hybridized carbons (Fsp3) is 0.143. The van der Waals surface area contributed by atoms with Crippen LogP contribution in [0.2, 0.25) is 0 Å². The molecule has 5 heteroatoms. The molecule has 0 radical (unpaired) electrons. The van der Waals surface area contributed by atoms with E-state index in [1.807, 2.05) is 61.5 Å². The first-order valence-electron chi connectivity index (χ1n) is 15.3. The summed E-state index contributed by atoms with van der Waals surface area (Å²) >= 11 is 0. The van der Waals surface area contributed by atoms with Gasteiger partial charge in [-0.3, -0.25) is 0 Å². The van der Waals surface area contributed by atoms with Crippen molar-refractivity contribution in [3.8, 4) is 17.8 Å². The van der Waals surface area contributed by atoms with E-state index in [2.05, 4.69) is 85.6 Å².